The van der Waals surface area contributed by atoms with Crippen LogP contribution in [-0.2, 0) is 19.1 Å². The van der Waals surface area contributed by atoms with E-state index in [1.807, 2.05) is 0 Å². The average molecular weight is 447 g/mol. The summed E-state index contributed by atoms with van der Waals surface area (Å²) in [5, 5.41) is 13.2. The largest absolute Gasteiger partial charge is 0.540 e. The summed E-state index contributed by atoms with van der Waals surface area (Å²) in [5.41, 5.74) is 0.139. The molecule has 0 aliphatic carbocycles. The van der Waals surface area contributed by atoms with E-state index in [1.54, 1.807) is 54.6 Å². The maximum absolute atomic E-state index is 12.8. The zero-order chi connectivity index (χ0) is 23.5. The zero-order valence-electron chi connectivity index (χ0n) is 17.6. The Balaban J connectivity index is 1.95. The molecule has 0 aliphatic heterocycles. The molecule has 0 radical (unpaired) electrons. The first-order valence-corrected chi connectivity index (χ1v) is 9.67. The third-order valence-electron chi connectivity index (χ3n) is 4.84. The molecule has 0 aliphatic rings. The van der Waals surface area contributed by atoms with Gasteiger partial charge in [-0.1, -0.05) is 30.3 Å². The summed E-state index contributed by atoms with van der Waals surface area (Å²) >= 11 is 0. The van der Waals surface area contributed by atoms with Crippen molar-refractivity contribution in [1.82, 2.24) is 0 Å². The highest BCUT2D eigenvalue weighted by Crippen LogP contribution is 2.31. The molecule has 4 rings (SSSR count). The molecule has 2 aromatic carbocycles. The van der Waals surface area contributed by atoms with Crippen LogP contribution < -0.4 is 14.2 Å². The van der Waals surface area contributed by atoms with Crippen LogP contribution in [0.15, 0.2) is 71.2 Å². The number of rotatable bonds is 5. The third kappa shape index (κ3) is 3.99. The van der Waals surface area contributed by atoms with Crippen LogP contribution in [0.25, 0.3) is 22.2 Å². The van der Waals surface area contributed by atoms with E-state index in [-0.39, 0.29) is 22.7 Å². The number of hydrogen-bond acceptors (Lipinski definition) is 8. The molecule has 0 saturated carbocycles. The van der Waals surface area contributed by atoms with Crippen LogP contribution in [0.5, 0.6) is 11.7 Å². The number of oxazole rings is 1. The maximum Gasteiger partial charge on any atom is 0.345 e. The molecule has 166 valence electrons. The number of fused-ring (bicyclic) bond motifs is 3. The second-order valence-corrected chi connectivity index (χ2v) is 6.77. The summed E-state index contributed by atoms with van der Waals surface area (Å²) in [5.74, 6) is -3.14. The van der Waals surface area contributed by atoms with Gasteiger partial charge in [-0.25, -0.2) is 14.4 Å². The Morgan fingerprint density at radius 2 is 1.67 bits per heavy atom. The summed E-state index contributed by atoms with van der Waals surface area (Å²) in [7, 11) is 2.25. The highest BCUT2D eigenvalue weighted by molar-refractivity contribution is 6.20. The fourth-order valence-electron chi connectivity index (χ4n) is 3.35. The minimum atomic E-state index is -0.934. The predicted octanol–water partition coefficient (Wildman–Crippen LogP) is 2.19. The molecule has 9 nitrogen and oxygen atoms in total. The van der Waals surface area contributed by atoms with Crippen LogP contribution in [-0.4, -0.2) is 32.1 Å². The van der Waals surface area contributed by atoms with Crippen LogP contribution in [0.3, 0.4) is 0 Å². The monoisotopic (exact) mass is 447 g/mol. The highest BCUT2D eigenvalue weighted by atomic mass is 16.5. The van der Waals surface area contributed by atoms with Gasteiger partial charge in [-0.2, -0.15) is 0 Å². The Morgan fingerprint density at radius 1 is 0.970 bits per heavy atom. The van der Waals surface area contributed by atoms with Crippen LogP contribution in [0.2, 0.25) is 0 Å². The van der Waals surface area contributed by atoms with Crippen molar-refractivity contribution in [3.8, 4) is 11.7 Å². The number of para-hydroxylation sites is 1. The first-order valence-electron chi connectivity index (χ1n) is 9.67. The van der Waals surface area contributed by atoms with Gasteiger partial charge in [0.25, 0.3) is 5.71 Å². The lowest BCUT2D eigenvalue weighted by atomic mass is 10.1. The van der Waals surface area contributed by atoms with Crippen LogP contribution in [0.4, 0.5) is 0 Å². The van der Waals surface area contributed by atoms with Gasteiger partial charge in [-0.05, 0) is 18.2 Å². The molecule has 0 atom stereocenters. The smallest absolute Gasteiger partial charge is 0.345 e. The molecule has 0 N–H and O–H groups in total. The predicted molar refractivity (Wildman–Crippen MR) is 112 cm³/mol. The Kier molecular flexibility index (Phi) is 5.77. The SMILES string of the molecule is COC(=O)/C=C(\C(=O)OC)c1c([O-])oc2cc(OC(=O)c3ccccc3)c3ccccc3[n+]12. The first-order chi connectivity index (χ1) is 15.9. The van der Waals surface area contributed by atoms with Crippen LogP contribution in [0, 0.1) is 0 Å². The second kappa shape index (κ2) is 8.83. The first kappa shape index (κ1) is 21.6. The second-order valence-electron chi connectivity index (χ2n) is 6.77. The highest BCUT2D eigenvalue weighted by Gasteiger charge is 2.30. The number of esters is 3. The molecule has 0 spiro atoms. The minimum Gasteiger partial charge on any atom is -0.540 e. The molecule has 2 aromatic heterocycles. The zero-order valence-corrected chi connectivity index (χ0v) is 17.6. The number of hydrogen-bond donors (Lipinski definition) is 0. The van der Waals surface area contributed by atoms with Gasteiger partial charge in [-0.3, -0.25) is 0 Å². The number of carbonyl (C=O) groups is 3. The standard InChI is InChI=1S/C24H17NO8/c1-30-20(26)12-16(23(28)31-2)21-24(29)33-19-13-18(15-10-6-7-11-17(15)25(19)21)32-22(27)14-8-4-3-5-9-14/h3-13H,1-2H3. The fraction of sp³-hybridized carbons (Fsp3) is 0.0833. The summed E-state index contributed by atoms with van der Waals surface area (Å²) in [6.07, 6.45) is 0.850. The van der Waals surface area contributed by atoms with E-state index in [2.05, 4.69) is 4.74 Å². The molecular formula is C24H17NO8. The quantitative estimate of drug-likeness (QED) is 0.259. The Hall–Kier alpha value is -4.66. The number of aromatic nitrogens is 1. The Morgan fingerprint density at radius 3 is 2.36 bits per heavy atom. The van der Waals surface area contributed by atoms with Crippen molar-refractivity contribution >= 4 is 40.1 Å². The molecule has 2 heterocycles. The van der Waals surface area contributed by atoms with E-state index in [0.717, 1.165) is 20.3 Å². The molecular weight excluding hydrogens is 430 g/mol. The van der Waals surface area contributed by atoms with Crippen LogP contribution >= 0.6 is 0 Å². The number of carbonyl (C=O) groups excluding carboxylic acids is 3. The van der Waals surface area contributed by atoms with E-state index in [9.17, 15) is 19.5 Å². The molecule has 0 saturated heterocycles. The molecule has 0 amide bonds. The van der Waals surface area contributed by atoms with Crippen molar-refractivity contribution in [2.45, 2.75) is 0 Å². The molecule has 0 bridgehead atoms. The van der Waals surface area contributed by atoms with Crippen molar-refractivity contribution < 1.29 is 42.5 Å². The normalized spacial score (nSPS) is 11.4. The van der Waals surface area contributed by atoms with Crippen molar-refractivity contribution in [3.05, 3.63) is 78.0 Å². The van der Waals surface area contributed by atoms with Crippen molar-refractivity contribution in [2.24, 2.45) is 0 Å². The lowest BCUT2D eigenvalue weighted by molar-refractivity contribution is -0.488. The van der Waals surface area contributed by atoms with Gasteiger partial charge in [0.2, 0.25) is 11.2 Å². The van der Waals surface area contributed by atoms with Gasteiger partial charge in [0.05, 0.1) is 31.2 Å². The minimum absolute atomic E-state index is 0.00997. The number of pyridine rings is 1. The van der Waals surface area contributed by atoms with Gasteiger partial charge >= 0.3 is 17.9 Å². The summed E-state index contributed by atoms with van der Waals surface area (Å²) < 4.78 is 21.6. The third-order valence-corrected chi connectivity index (χ3v) is 4.84. The summed E-state index contributed by atoms with van der Waals surface area (Å²) in [6, 6.07) is 16.5. The van der Waals surface area contributed by atoms with Crippen molar-refractivity contribution in [2.75, 3.05) is 14.2 Å². The van der Waals surface area contributed by atoms with Gasteiger partial charge in [0.1, 0.15) is 11.5 Å². The summed E-state index contributed by atoms with van der Waals surface area (Å²) in [4.78, 5) is 36.9. The van der Waals surface area contributed by atoms with Crippen molar-refractivity contribution in [3.63, 3.8) is 0 Å². The van der Waals surface area contributed by atoms with Gasteiger partial charge in [0, 0.05) is 12.1 Å². The molecule has 9 heteroatoms. The number of ether oxygens (including phenoxy) is 3. The number of nitrogens with zero attached hydrogens (tertiary/aromatic N) is 1. The molecule has 4 aromatic rings. The van der Waals surface area contributed by atoms with E-state index in [4.69, 9.17) is 13.9 Å². The van der Waals surface area contributed by atoms with Gasteiger partial charge in [-0.15, -0.1) is 4.40 Å². The Bertz CT molecular complexity index is 1420. The molecule has 33 heavy (non-hydrogen) atoms. The topological polar surface area (TPSA) is 119 Å². The van der Waals surface area contributed by atoms with E-state index in [1.165, 1.54) is 10.5 Å². The van der Waals surface area contributed by atoms with Crippen molar-refractivity contribution in [1.29, 1.82) is 0 Å². The average Bonchev–Trinajstić information content (AvgIpc) is 3.17. The van der Waals surface area contributed by atoms with Gasteiger partial charge < -0.3 is 23.7 Å². The molecule has 0 fully saturated rings. The van der Waals surface area contributed by atoms with Crippen LogP contribution in [0.1, 0.15) is 16.1 Å². The lowest BCUT2D eigenvalue weighted by Crippen LogP contribution is -2.28. The van der Waals surface area contributed by atoms with E-state index < -0.39 is 23.9 Å². The van der Waals surface area contributed by atoms with E-state index in [0.29, 0.717) is 16.5 Å². The molecule has 0 unspecified atom stereocenters. The fourth-order valence-corrected chi connectivity index (χ4v) is 3.35. The number of methoxy groups -OCH3 is 2. The van der Waals surface area contributed by atoms with E-state index >= 15 is 0 Å². The number of benzene rings is 2. The summed E-state index contributed by atoms with van der Waals surface area (Å²) in [6.45, 7) is 0. The Labute approximate surface area is 187 Å². The maximum atomic E-state index is 12.8. The van der Waals surface area contributed by atoms with Gasteiger partial charge in [0.15, 0.2) is 5.75 Å². The lowest BCUT2D eigenvalue weighted by Gasteiger charge is -2.07.